The molecule has 0 spiro atoms. The summed E-state index contributed by atoms with van der Waals surface area (Å²) in [4.78, 5) is 12.5. The molecule has 0 aliphatic carbocycles. The fourth-order valence-electron chi connectivity index (χ4n) is 1.44. The SMILES string of the molecule is CN(CCC(F)(F)F)C(=O)c1ccc(Br)c(S(=O)(=O)Cl)c1. The first-order valence-electron chi connectivity index (χ1n) is 5.48. The Kier molecular flexibility index (Phi) is 5.68. The summed E-state index contributed by atoms with van der Waals surface area (Å²) in [6, 6.07) is 3.60. The van der Waals surface area contributed by atoms with E-state index in [1.807, 2.05) is 0 Å². The Bertz CT molecular complexity index is 649. The molecule has 0 unspecified atom stereocenters. The van der Waals surface area contributed by atoms with Gasteiger partial charge in [-0.3, -0.25) is 4.79 Å². The largest absolute Gasteiger partial charge is 0.390 e. The Morgan fingerprint density at radius 1 is 1.38 bits per heavy atom. The van der Waals surface area contributed by atoms with Gasteiger partial charge in [0, 0.05) is 34.3 Å². The molecule has 0 aliphatic rings. The van der Waals surface area contributed by atoms with E-state index in [0.717, 1.165) is 11.0 Å². The van der Waals surface area contributed by atoms with Crippen molar-refractivity contribution in [2.75, 3.05) is 13.6 Å². The first-order chi connectivity index (χ1) is 9.42. The summed E-state index contributed by atoms with van der Waals surface area (Å²) in [7, 11) is 2.33. The minimum Gasteiger partial charge on any atom is -0.341 e. The van der Waals surface area contributed by atoms with E-state index < -0.39 is 34.1 Å². The second kappa shape index (κ2) is 6.53. The van der Waals surface area contributed by atoms with Crippen LogP contribution in [0.25, 0.3) is 0 Å². The lowest BCUT2D eigenvalue weighted by Gasteiger charge is -2.18. The van der Waals surface area contributed by atoms with Crippen LogP contribution in [0, 0.1) is 0 Å². The van der Waals surface area contributed by atoms with E-state index >= 15 is 0 Å². The average molecular weight is 409 g/mol. The van der Waals surface area contributed by atoms with E-state index in [1.54, 1.807) is 0 Å². The molecule has 0 heterocycles. The quantitative estimate of drug-likeness (QED) is 0.718. The third kappa shape index (κ3) is 5.48. The van der Waals surface area contributed by atoms with Crippen LogP contribution in [0.15, 0.2) is 27.6 Å². The molecule has 0 bridgehead atoms. The smallest absolute Gasteiger partial charge is 0.341 e. The highest BCUT2D eigenvalue weighted by molar-refractivity contribution is 9.10. The molecular formula is C11H10BrClF3NO3S. The zero-order chi connectivity index (χ0) is 16.4. The van der Waals surface area contributed by atoms with Crippen molar-refractivity contribution < 1.29 is 26.4 Å². The van der Waals surface area contributed by atoms with Crippen LogP contribution in [0.1, 0.15) is 16.8 Å². The maximum absolute atomic E-state index is 12.1. The lowest BCUT2D eigenvalue weighted by Crippen LogP contribution is -2.30. The number of halogens is 5. The number of amides is 1. The van der Waals surface area contributed by atoms with Crippen LogP contribution < -0.4 is 0 Å². The number of nitrogens with zero attached hydrogens (tertiary/aromatic N) is 1. The fraction of sp³-hybridized carbons (Fsp3) is 0.364. The maximum atomic E-state index is 12.1. The van der Waals surface area contributed by atoms with Gasteiger partial charge in [-0.25, -0.2) is 8.42 Å². The van der Waals surface area contributed by atoms with Crippen LogP contribution in [0.3, 0.4) is 0 Å². The molecule has 0 atom stereocenters. The molecule has 4 nitrogen and oxygen atoms in total. The summed E-state index contributed by atoms with van der Waals surface area (Å²) in [6.07, 6.45) is -5.52. The molecule has 21 heavy (non-hydrogen) atoms. The van der Waals surface area contributed by atoms with Crippen LogP contribution in [-0.4, -0.2) is 39.0 Å². The Morgan fingerprint density at radius 3 is 2.43 bits per heavy atom. The van der Waals surface area contributed by atoms with E-state index in [-0.39, 0.29) is 14.9 Å². The highest BCUT2D eigenvalue weighted by atomic mass is 79.9. The number of hydrogen-bond donors (Lipinski definition) is 0. The van der Waals surface area contributed by atoms with Gasteiger partial charge in [-0.1, -0.05) is 0 Å². The molecule has 0 saturated heterocycles. The predicted octanol–water partition coefficient (Wildman–Crippen LogP) is 3.40. The molecule has 118 valence electrons. The molecule has 0 N–H and O–H groups in total. The monoisotopic (exact) mass is 407 g/mol. The van der Waals surface area contributed by atoms with E-state index in [2.05, 4.69) is 15.9 Å². The average Bonchev–Trinajstić information content (AvgIpc) is 2.33. The standard InChI is InChI=1S/C11H10BrClF3NO3S/c1-17(5-4-11(14,15)16)10(18)7-2-3-8(12)9(6-7)21(13,19)20/h2-3,6H,4-5H2,1H3. The normalized spacial score (nSPS) is 12.3. The van der Waals surface area contributed by atoms with Gasteiger partial charge >= 0.3 is 6.18 Å². The Labute approximate surface area is 132 Å². The van der Waals surface area contributed by atoms with Crippen molar-refractivity contribution in [2.24, 2.45) is 0 Å². The summed E-state index contributed by atoms with van der Waals surface area (Å²) in [5, 5.41) is 0. The van der Waals surface area contributed by atoms with Crippen molar-refractivity contribution >= 4 is 41.6 Å². The highest BCUT2D eigenvalue weighted by Gasteiger charge is 2.28. The van der Waals surface area contributed by atoms with Gasteiger partial charge in [0.2, 0.25) is 0 Å². The third-order valence-corrected chi connectivity index (χ3v) is 4.83. The summed E-state index contributed by atoms with van der Waals surface area (Å²) in [5.74, 6) is -0.728. The number of rotatable bonds is 4. The Hall–Kier alpha value is -0.800. The molecule has 1 rings (SSSR count). The molecule has 0 aromatic heterocycles. The first kappa shape index (κ1) is 18.2. The van der Waals surface area contributed by atoms with Crippen LogP contribution >= 0.6 is 26.6 Å². The number of benzene rings is 1. The molecule has 0 aliphatic heterocycles. The van der Waals surface area contributed by atoms with Crippen LogP contribution in [0.2, 0.25) is 0 Å². The second-order valence-electron chi connectivity index (χ2n) is 4.17. The lowest BCUT2D eigenvalue weighted by molar-refractivity contribution is -0.136. The minimum atomic E-state index is -4.38. The topological polar surface area (TPSA) is 54.5 Å². The van der Waals surface area contributed by atoms with Gasteiger partial charge in [-0.05, 0) is 34.1 Å². The molecule has 0 fully saturated rings. The number of carbonyl (C=O) groups excluding carboxylic acids is 1. The Balaban J connectivity index is 2.98. The number of hydrogen-bond acceptors (Lipinski definition) is 3. The second-order valence-corrected chi connectivity index (χ2v) is 7.56. The Morgan fingerprint density at radius 2 is 1.95 bits per heavy atom. The van der Waals surface area contributed by atoms with Gasteiger partial charge in [-0.15, -0.1) is 0 Å². The van der Waals surface area contributed by atoms with Gasteiger partial charge in [0.1, 0.15) is 0 Å². The zero-order valence-corrected chi connectivity index (χ0v) is 13.8. The van der Waals surface area contributed by atoms with Gasteiger partial charge in [0.15, 0.2) is 0 Å². The predicted molar refractivity (Wildman–Crippen MR) is 74.8 cm³/mol. The third-order valence-electron chi connectivity index (χ3n) is 2.52. The summed E-state index contributed by atoms with van der Waals surface area (Å²) in [6.45, 7) is -0.526. The van der Waals surface area contributed by atoms with Gasteiger partial charge < -0.3 is 4.90 Å². The number of carbonyl (C=O) groups is 1. The van der Waals surface area contributed by atoms with Gasteiger partial charge in [0.05, 0.1) is 11.3 Å². The maximum Gasteiger partial charge on any atom is 0.390 e. The van der Waals surface area contributed by atoms with Gasteiger partial charge in [0.25, 0.3) is 15.0 Å². The van der Waals surface area contributed by atoms with Crippen LogP contribution in [0.5, 0.6) is 0 Å². The minimum absolute atomic E-state index is 0.0675. The van der Waals surface area contributed by atoms with E-state index in [9.17, 15) is 26.4 Å². The molecule has 0 radical (unpaired) electrons. The number of alkyl halides is 3. The summed E-state index contributed by atoms with van der Waals surface area (Å²) >= 11 is 2.97. The molecule has 1 aromatic rings. The van der Waals surface area contributed by atoms with Crippen molar-refractivity contribution in [3.8, 4) is 0 Å². The van der Waals surface area contributed by atoms with Crippen LogP contribution in [0.4, 0.5) is 13.2 Å². The van der Waals surface area contributed by atoms with Crippen molar-refractivity contribution in [2.45, 2.75) is 17.5 Å². The zero-order valence-electron chi connectivity index (χ0n) is 10.6. The first-order valence-corrected chi connectivity index (χ1v) is 8.58. The molecule has 0 saturated carbocycles. The summed E-state index contributed by atoms with van der Waals surface area (Å²) in [5.41, 5.74) is -0.0675. The van der Waals surface area contributed by atoms with Crippen molar-refractivity contribution in [1.29, 1.82) is 0 Å². The molecule has 1 aromatic carbocycles. The molecule has 10 heteroatoms. The highest BCUT2D eigenvalue weighted by Crippen LogP contribution is 2.27. The fourth-order valence-corrected chi connectivity index (χ4v) is 3.56. The van der Waals surface area contributed by atoms with Gasteiger partial charge in [-0.2, -0.15) is 13.2 Å². The van der Waals surface area contributed by atoms with Crippen molar-refractivity contribution in [3.63, 3.8) is 0 Å². The van der Waals surface area contributed by atoms with E-state index in [4.69, 9.17) is 10.7 Å². The van der Waals surface area contributed by atoms with E-state index in [1.165, 1.54) is 19.2 Å². The summed E-state index contributed by atoms with van der Waals surface area (Å²) < 4.78 is 59.1. The van der Waals surface area contributed by atoms with Crippen LogP contribution in [-0.2, 0) is 9.05 Å². The van der Waals surface area contributed by atoms with Crippen molar-refractivity contribution in [1.82, 2.24) is 4.90 Å². The van der Waals surface area contributed by atoms with E-state index in [0.29, 0.717) is 0 Å². The van der Waals surface area contributed by atoms with Crippen molar-refractivity contribution in [3.05, 3.63) is 28.2 Å². The molecule has 1 amide bonds. The molecular weight excluding hydrogens is 399 g/mol. The lowest BCUT2D eigenvalue weighted by atomic mass is 10.2.